The summed E-state index contributed by atoms with van der Waals surface area (Å²) < 4.78 is 37.9. The molecule has 1 rings (SSSR count). The fourth-order valence-electron chi connectivity index (χ4n) is 1.65. The first-order chi connectivity index (χ1) is 8.84. The molecule has 1 heterocycles. The number of aliphatic hydroxyl groups is 1. The highest BCUT2D eigenvalue weighted by Gasteiger charge is 2.31. The molecule has 0 saturated heterocycles. The fourth-order valence-corrected chi connectivity index (χ4v) is 1.65. The Morgan fingerprint density at radius 2 is 1.95 bits per heavy atom. The summed E-state index contributed by atoms with van der Waals surface area (Å²) in [5.74, 6) is 0.0587. The summed E-state index contributed by atoms with van der Waals surface area (Å²) in [6, 6.07) is 1.81. The molecular weight excluding hydrogens is 259 g/mol. The molecule has 0 aliphatic rings. The third kappa shape index (κ3) is 4.94. The number of hydrogen-bond donors (Lipinski definition) is 2. The Bertz CT molecular complexity index is 410. The minimum atomic E-state index is -4.43. The van der Waals surface area contributed by atoms with E-state index in [1.165, 1.54) is 0 Å². The largest absolute Gasteiger partial charge is 0.416 e. The van der Waals surface area contributed by atoms with Crippen molar-refractivity contribution in [1.29, 1.82) is 0 Å². The van der Waals surface area contributed by atoms with E-state index in [2.05, 4.69) is 4.98 Å². The highest BCUT2D eigenvalue weighted by molar-refractivity contribution is 5.48. The van der Waals surface area contributed by atoms with Crippen LogP contribution < -0.4 is 10.6 Å². The van der Waals surface area contributed by atoms with Crippen LogP contribution in [0.1, 0.15) is 24.8 Å². The van der Waals surface area contributed by atoms with E-state index < -0.39 is 11.7 Å². The highest BCUT2D eigenvalue weighted by Crippen LogP contribution is 2.32. The normalized spacial score (nSPS) is 11.6. The minimum Gasteiger partial charge on any atom is -0.396 e. The van der Waals surface area contributed by atoms with Gasteiger partial charge in [-0.15, -0.1) is 0 Å². The molecule has 19 heavy (non-hydrogen) atoms. The molecule has 108 valence electrons. The average molecular weight is 277 g/mol. The van der Waals surface area contributed by atoms with Crippen molar-refractivity contribution in [3.05, 3.63) is 17.7 Å². The van der Waals surface area contributed by atoms with Crippen molar-refractivity contribution in [3.63, 3.8) is 0 Å². The van der Waals surface area contributed by atoms with Gasteiger partial charge in [0.2, 0.25) is 0 Å². The molecule has 3 N–H and O–H groups in total. The van der Waals surface area contributed by atoms with Crippen molar-refractivity contribution in [2.45, 2.75) is 25.4 Å². The molecule has 1 aromatic heterocycles. The smallest absolute Gasteiger partial charge is 0.396 e. The number of alkyl halides is 3. The second-order valence-electron chi connectivity index (χ2n) is 4.34. The van der Waals surface area contributed by atoms with Crippen molar-refractivity contribution in [3.8, 4) is 0 Å². The van der Waals surface area contributed by atoms with Crippen LogP contribution in [0.4, 0.5) is 24.8 Å². The predicted molar refractivity (Wildman–Crippen MR) is 67.9 cm³/mol. The van der Waals surface area contributed by atoms with E-state index in [-0.39, 0.29) is 18.2 Å². The monoisotopic (exact) mass is 277 g/mol. The Hall–Kier alpha value is -1.50. The van der Waals surface area contributed by atoms with Crippen LogP contribution in [0.25, 0.3) is 0 Å². The summed E-state index contributed by atoms with van der Waals surface area (Å²) >= 11 is 0. The fraction of sp³-hybridized carbons (Fsp3) is 0.583. The van der Waals surface area contributed by atoms with Crippen LogP contribution >= 0.6 is 0 Å². The van der Waals surface area contributed by atoms with Crippen molar-refractivity contribution >= 4 is 11.6 Å². The van der Waals surface area contributed by atoms with Crippen molar-refractivity contribution in [2.24, 2.45) is 0 Å². The molecule has 0 unspecified atom stereocenters. The third-order valence-electron chi connectivity index (χ3n) is 2.70. The van der Waals surface area contributed by atoms with Crippen molar-refractivity contribution in [2.75, 3.05) is 30.8 Å². The quantitative estimate of drug-likeness (QED) is 0.783. The van der Waals surface area contributed by atoms with Crippen LogP contribution in [0.2, 0.25) is 0 Å². The van der Waals surface area contributed by atoms with E-state index in [0.29, 0.717) is 13.0 Å². The average Bonchev–Trinajstić information content (AvgIpc) is 2.32. The van der Waals surface area contributed by atoms with Crippen LogP contribution in [0.3, 0.4) is 0 Å². The summed E-state index contributed by atoms with van der Waals surface area (Å²) in [5.41, 5.74) is 4.61. The predicted octanol–water partition coefficient (Wildman–Crippen LogP) is 2.28. The molecular formula is C12H18F3N3O. The molecule has 1 aromatic rings. The molecule has 7 heteroatoms. The zero-order valence-corrected chi connectivity index (χ0v) is 10.7. The van der Waals surface area contributed by atoms with Gasteiger partial charge in [-0.2, -0.15) is 13.2 Å². The number of nitrogen functional groups attached to an aromatic ring is 1. The highest BCUT2D eigenvalue weighted by atomic mass is 19.4. The van der Waals surface area contributed by atoms with Crippen LogP contribution in [-0.2, 0) is 6.18 Å². The standard InChI is InChI=1S/C12H18F3N3O/c1-18(5-3-2-4-6-19)11-8-9(12(13,14)15)7-10(16)17-11/h7-8,19H,2-6H2,1H3,(H2,16,17). The zero-order valence-electron chi connectivity index (χ0n) is 10.7. The number of nitrogens with zero attached hydrogens (tertiary/aromatic N) is 2. The number of anilines is 2. The summed E-state index contributed by atoms with van der Waals surface area (Å²) in [7, 11) is 1.67. The number of unbranched alkanes of at least 4 members (excludes halogenated alkanes) is 2. The van der Waals surface area contributed by atoms with E-state index >= 15 is 0 Å². The van der Waals surface area contributed by atoms with Crippen molar-refractivity contribution in [1.82, 2.24) is 4.98 Å². The maximum absolute atomic E-state index is 12.6. The molecule has 0 amide bonds. The zero-order chi connectivity index (χ0) is 14.5. The molecule has 4 nitrogen and oxygen atoms in total. The van der Waals surface area contributed by atoms with Gasteiger partial charge >= 0.3 is 6.18 Å². The maximum Gasteiger partial charge on any atom is 0.416 e. The van der Waals surface area contributed by atoms with Gasteiger partial charge < -0.3 is 15.7 Å². The lowest BCUT2D eigenvalue weighted by molar-refractivity contribution is -0.137. The van der Waals surface area contributed by atoms with Crippen LogP contribution in [-0.4, -0.2) is 30.3 Å². The second kappa shape index (κ2) is 6.60. The van der Waals surface area contributed by atoms with E-state index in [1.54, 1.807) is 11.9 Å². The van der Waals surface area contributed by atoms with Gasteiger partial charge in [0.15, 0.2) is 0 Å². The lowest BCUT2D eigenvalue weighted by Gasteiger charge is -2.19. The van der Waals surface area contributed by atoms with E-state index in [1.807, 2.05) is 0 Å². The summed E-state index contributed by atoms with van der Waals surface area (Å²) in [5, 5.41) is 8.64. The van der Waals surface area contributed by atoms with Crippen molar-refractivity contribution < 1.29 is 18.3 Å². The maximum atomic E-state index is 12.6. The number of aromatic nitrogens is 1. The first-order valence-electron chi connectivity index (χ1n) is 6.01. The molecule has 0 aliphatic heterocycles. The number of rotatable bonds is 6. The van der Waals surface area contributed by atoms with Gasteiger partial charge in [-0.1, -0.05) is 0 Å². The van der Waals surface area contributed by atoms with Gasteiger partial charge in [-0.05, 0) is 31.4 Å². The summed E-state index contributed by atoms with van der Waals surface area (Å²) in [6.07, 6.45) is -2.15. The lowest BCUT2D eigenvalue weighted by atomic mass is 10.2. The van der Waals surface area contributed by atoms with Gasteiger partial charge in [0.05, 0.1) is 5.56 Å². The van der Waals surface area contributed by atoms with Gasteiger partial charge in [0.25, 0.3) is 0 Å². The SMILES string of the molecule is CN(CCCCCO)c1cc(C(F)(F)F)cc(N)n1. The van der Waals surface area contributed by atoms with E-state index in [9.17, 15) is 13.2 Å². The Morgan fingerprint density at radius 3 is 2.53 bits per heavy atom. The topological polar surface area (TPSA) is 62.4 Å². The number of halogens is 3. The van der Waals surface area contributed by atoms with Gasteiger partial charge in [-0.3, -0.25) is 0 Å². The molecule has 0 fully saturated rings. The molecule has 0 bridgehead atoms. The number of aliphatic hydroxyl groups excluding tert-OH is 1. The number of nitrogens with two attached hydrogens (primary N) is 1. The molecule has 0 spiro atoms. The Labute approximate surface area is 110 Å². The van der Waals surface area contributed by atoms with Gasteiger partial charge in [0.1, 0.15) is 11.6 Å². The second-order valence-corrected chi connectivity index (χ2v) is 4.34. The number of pyridine rings is 1. The Kier molecular flexibility index (Phi) is 5.41. The van der Waals surface area contributed by atoms with Crippen LogP contribution in [0, 0.1) is 0 Å². The molecule has 0 saturated carbocycles. The third-order valence-corrected chi connectivity index (χ3v) is 2.70. The molecule has 0 radical (unpaired) electrons. The minimum absolute atomic E-state index is 0.123. The molecule has 0 atom stereocenters. The molecule has 0 aromatic carbocycles. The van der Waals surface area contributed by atoms with Gasteiger partial charge in [-0.25, -0.2) is 4.98 Å². The number of hydrogen-bond acceptors (Lipinski definition) is 4. The van der Waals surface area contributed by atoms with E-state index in [0.717, 1.165) is 25.0 Å². The summed E-state index contributed by atoms with van der Waals surface area (Å²) in [4.78, 5) is 5.53. The van der Waals surface area contributed by atoms with Crippen LogP contribution in [0.5, 0.6) is 0 Å². The lowest BCUT2D eigenvalue weighted by Crippen LogP contribution is -2.21. The Balaban J connectivity index is 2.74. The Morgan fingerprint density at radius 1 is 1.26 bits per heavy atom. The first kappa shape index (κ1) is 15.6. The van der Waals surface area contributed by atoms with Gasteiger partial charge in [0, 0.05) is 20.2 Å². The summed E-state index contributed by atoms with van der Waals surface area (Å²) in [6.45, 7) is 0.687. The molecule has 0 aliphatic carbocycles. The van der Waals surface area contributed by atoms with Crippen LogP contribution in [0.15, 0.2) is 12.1 Å². The first-order valence-corrected chi connectivity index (χ1v) is 6.01. The van der Waals surface area contributed by atoms with E-state index in [4.69, 9.17) is 10.8 Å².